The number of ether oxygens (including phenoxy) is 2. The minimum Gasteiger partial charge on any atom is -0.504 e. The Morgan fingerprint density at radius 1 is 1.30 bits per heavy atom. The first-order valence-electron chi connectivity index (χ1n) is 11.0. The van der Waals surface area contributed by atoms with Gasteiger partial charge in [0.2, 0.25) is 0 Å². The standard InChI is InChI=1S/C25H27NO4/c1-29-21-14-20(28)23-22-16(21)13-18-17-7-8-19(27)24(30-23)25(17,22)10-12-26(18)11-9-15-5-3-2-4-6-15/h2-6,14,17-18,24,28H,7-13H2,1H3/t17-,18+,24-,25-/m0/s1. The third-order valence-corrected chi connectivity index (χ3v) is 8.06. The summed E-state index contributed by atoms with van der Waals surface area (Å²) >= 11 is 0. The van der Waals surface area contributed by atoms with E-state index in [1.54, 1.807) is 13.2 Å². The second-order valence-electron chi connectivity index (χ2n) is 9.22. The minimum absolute atomic E-state index is 0.103. The summed E-state index contributed by atoms with van der Waals surface area (Å²) in [5, 5.41) is 10.6. The summed E-state index contributed by atoms with van der Waals surface area (Å²) in [6, 6.07) is 12.7. The molecule has 2 heterocycles. The molecule has 2 bridgehead atoms. The van der Waals surface area contributed by atoms with Gasteiger partial charge in [-0.2, -0.15) is 0 Å². The predicted molar refractivity (Wildman–Crippen MR) is 112 cm³/mol. The lowest BCUT2D eigenvalue weighted by Gasteiger charge is -2.57. The van der Waals surface area contributed by atoms with Crippen LogP contribution in [0, 0.1) is 5.92 Å². The summed E-state index contributed by atoms with van der Waals surface area (Å²) in [5.74, 6) is 1.93. The number of likely N-dealkylation sites (tertiary alicyclic amines) is 1. The van der Waals surface area contributed by atoms with E-state index in [0.717, 1.165) is 55.6 Å². The number of rotatable bonds is 4. The van der Waals surface area contributed by atoms with Gasteiger partial charge in [-0.05, 0) is 43.7 Å². The van der Waals surface area contributed by atoms with E-state index in [1.807, 2.05) is 0 Å². The molecule has 2 fully saturated rings. The number of hydrogen-bond donors (Lipinski definition) is 1. The highest BCUT2D eigenvalue weighted by Crippen LogP contribution is 2.64. The van der Waals surface area contributed by atoms with Crippen LogP contribution in [-0.4, -0.2) is 48.1 Å². The van der Waals surface area contributed by atoms with E-state index >= 15 is 0 Å². The van der Waals surface area contributed by atoms with Crippen LogP contribution in [0.3, 0.4) is 0 Å². The molecular formula is C25H27NO4. The lowest BCUT2D eigenvalue weighted by atomic mass is 9.51. The molecule has 4 atom stereocenters. The fraction of sp³-hybridized carbons (Fsp3) is 0.480. The molecule has 0 unspecified atom stereocenters. The van der Waals surface area contributed by atoms with Gasteiger partial charge in [0.05, 0.1) is 7.11 Å². The van der Waals surface area contributed by atoms with Crippen LogP contribution in [0.15, 0.2) is 36.4 Å². The highest BCUT2D eigenvalue weighted by Gasteiger charge is 2.66. The van der Waals surface area contributed by atoms with Gasteiger partial charge in [-0.3, -0.25) is 9.69 Å². The zero-order valence-electron chi connectivity index (χ0n) is 17.3. The number of hydrogen-bond acceptors (Lipinski definition) is 5. The monoisotopic (exact) mass is 405 g/mol. The molecule has 156 valence electrons. The number of nitrogens with zero attached hydrogens (tertiary/aromatic N) is 1. The molecule has 0 radical (unpaired) electrons. The second-order valence-corrected chi connectivity index (χ2v) is 9.22. The minimum atomic E-state index is -0.456. The number of piperidine rings is 1. The lowest BCUT2D eigenvalue weighted by Crippen LogP contribution is -2.66. The molecule has 6 rings (SSSR count). The topological polar surface area (TPSA) is 59.0 Å². The number of ketones is 1. The summed E-state index contributed by atoms with van der Waals surface area (Å²) in [6.07, 6.45) is 3.83. The number of benzene rings is 2. The van der Waals surface area contributed by atoms with Crippen molar-refractivity contribution < 1.29 is 19.4 Å². The van der Waals surface area contributed by atoms with Crippen molar-refractivity contribution in [2.45, 2.75) is 49.7 Å². The molecule has 2 aliphatic carbocycles. The smallest absolute Gasteiger partial charge is 0.174 e. The van der Waals surface area contributed by atoms with Gasteiger partial charge in [-0.1, -0.05) is 30.3 Å². The maximum absolute atomic E-state index is 12.9. The highest BCUT2D eigenvalue weighted by atomic mass is 16.5. The molecule has 1 spiro atoms. The number of carbonyl (C=O) groups excluding carboxylic acids is 1. The van der Waals surface area contributed by atoms with Crippen LogP contribution >= 0.6 is 0 Å². The van der Waals surface area contributed by atoms with Gasteiger partial charge in [0.25, 0.3) is 0 Å². The maximum Gasteiger partial charge on any atom is 0.174 e. The third kappa shape index (κ3) is 2.30. The second kappa shape index (κ2) is 6.48. The van der Waals surface area contributed by atoms with Crippen molar-refractivity contribution in [1.29, 1.82) is 0 Å². The van der Waals surface area contributed by atoms with Crippen LogP contribution in [0.1, 0.15) is 36.0 Å². The van der Waals surface area contributed by atoms with Gasteiger partial charge >= 0.3 is 0 Å². The Morgan fingerprint density at radius 2 is 2.13 bits per heavy atom. The molecule has 5 heteroatoms. The van der Waals surface area contributed by atoms with Gasteiger partial charge in [-0.15, -0.1) is 0 Å². The van der Waals surface area contributed by atoms with E-state index in [9.17, 15) is 9.90 Å². The molecule has 2 aromatic rings. The summed E-state index contributed by atoms with van der Waals surface area (Å²) in [5.41, 5.74) is 3.26. The van der Waals surface area contributed by atoms with Gasteiger partial charge in [0.15, 0.2) is 23.4 Å². The molecule has 2 aromatic carbocycles. The lowest BCUT2D eigenvalue weighted by molar-refractivity contribution is -0.138. The number of methoxy groups -OCH3 is 1. The zero-order valence-corrected chi connectivity index (χ0v) is 17.3. The van der Waals surface area contributed by atoms with Crippen molar-refractivity contribution in [3.05, 3.63) is 53.1 Å². The quantitative estimate of drug-likeness (QED) is 0.846. The van der Waals surface area contributed by atoms with Gasteiger partial charge in [0.1, 0.15) is 5.75 Å². The van der Waals surface area contributed by atoms with Crippen LogP contribution in [0.5, 0.6) is 17.2 Å². The van der Waals surface area contributed by atoms with Crippen molar-refractivity contribution in [2.75, 3.05) is 20.2 Å². The van der Waals surface area contributed by atoms with Gasteiger partial charge in [0, 0.05) is 41.6 Å². The average Bonchev–Trinajstić information content (AvgIpc) is 3.12. The van der Waals surface area contributed by atoms with E-state index < -0.39 is 6.10 Å². The first-order chi connectivity index (χ1) is 14.6. The van der Waals surface area contributed by atoms with Crippen molar-refractivity contribution in [3.8, 4) is 17.2 Å². The first kappa shape index (κ1) is 18.3. The summed E-state index contributed by atoms with van der Waals surface area (Å²) in [4.78, 5) is 15.6. The average molecular weight is 405 g/mol. The SMILES string of the molecule is COc1cc(O)c2c3c1C[C@@H]1[C@@H]4CCC(=O)[C@H](O2)[C@]34CCN1CCc1ccccc1. The third-order valence-electron chi connectivity index (χ3n) is 8.06. The molecule has 30 heavy (non-hydrogen) atoms. The van der Waals surface area contributed by atoms with Crippen LogP contribution < -0.4 is 9.47 Å². The number of phenolic OH excluding ortho intramolecular Hbond substituents is 1. The van der Waals surface area contributed by atoms with Crippen molar-refractivity contribution in [2.24, 2.45) is 5.92 Å². The maximum atomic E-state index is 12.9. The Bertz CT molecular complexity index is 1020. The first-order valence-corrected chi connectivity index (χ1v) is 11.0. The van der Waals surface area contributed by atoms with Gasteiger partial charge < -0.3 is 14.6 Å². The van der Waals surface area contributed by atoms with Crippen LogP contribution in [-0.2, 0) is 23.1 Å². The summed E-state index contributed by atoms with van der Waals surface area (Å²) in [7, 11) is 1.66. The van der Waals surface area contributed by atoms with Crippen LogP contribution in [0.4, 0.5) is 0 Å². The largest absolute Gasteiger partial charge is 0.504 e. The number of carbonyl (C=O) groups is 1. The Hall–Kier alpha value is -2.53. The van der Waals surface area contributed by atoms with Gasteiger partial charge in [-0.25, -0.2) is 0 Å². The zero-order chi connectivity index (χ0) is 20.5. The van der Waals surface area contributed by atoms with Crippen molar-refractivity contribution in [1.82, 2.24) is 4.90 Å². The van der Waals surface area contributed by atoms with E-state index in [-0.39, 0.29) is 16.9 Å². The summed E-state index contributed by atoms with van der Waals surface area (Å²) < 4.78 is 11.9. The molecule has 2 aliphatic heterocycles. The van der Waals surface area contributed by atoms with Crippen molar-refractivity contribution >= 4 is 5.78 Å². The van der Waals surface area contributed by atoms with Crippen LogP contribution in [0.2, 0.25) is 0 Å². The number of phenols is 1. The number of Topliss-reactive ketones (excluding diaryl/α,β-unsaturated/α-hetero) is 1. The van der Waals surface area contributed by atoms with Crippen molar-refractivity contribution in [3.63, 3.8) is 0 Å². The molecule has 4 aliphatic rings. The number of aromatic hydroxyl groups is 1. The fourth-order valence-electron chi connectivity index (χ4n) is 6.84. The van der Waals surface area contributed by atoms with E-state index in [1.165, 1.54) is 5.56 Å². The Kier molecular flexibility index (Phi) is 3.94. The highest BCUT2D eigenvalue weighted by molar-refractivity contribution is 5.89. The molecule has 0 aromatic heterocycles. The van der Waals surface area contributed by atoms with Crippen LogP contribution in [0.25, 0.3) is 0 Å². The Balaban J connectivity index is 1.42. The fourth-order valence-corrected chi connectivity index (χ4v) is 6.84. The molecular weight excluding hydrogens is 378 g/mol. The molecule has 1 saturated carbocycles. The molecule has 0 amide bonds. The molecule has 1 N–H and O–H groups in total. The Labute approximate surface area is 176 Å². The normalized spacial score (nSPS) is 31.2. The van der Waals surface area contributed by atoms with E-state index in [0.29, 0.717) is 24.1 Å². The molecule has 5 nitrogen and oxygen atoms in total. The summed E-state index contributed by atoms with van der Waals surface area (Å²) in [6.45, 7) is 1.97. The Morgan fingerprint density at radius 3 is 2.93 bits per heavy atom. The predicted octanol–water partition coefficient (Wildman–Crippen LogP) is 3.25. The van der Waals surface area contributed by atoms with E-state index in [4.69, 9.17) is 9.47 Å². The van der Waals surface area contributed by atoms with E-state index in [2.05, 4.69) is 35.2 Å². The molecule has 1 saturated heterocycles.